The number of amides is 2. The van der Waals surface area contributed by atoms with Gasteiger partial charge in [-0.3, -0.25) is 14.4 Å². The number of nitrogens with one attached hydrogen (secondary N) is 2. The van der Waals surface area contributed by atoms with Gasteiger partial charge in [0.1, 0.15) is 24.6 Å². The average molecular weight is 580 g/mol. The Balaban J connectivity index is 1.24. The Hall–Kier alpha value is -4.01. The Kier molecular flexibility index (Phi) is 7.60. The molecule has 2 fully saturated rings. The predicted molar refractivity (Wildman–Crippen MR) is 145 cm³/mol. The number of imidazole rings is 1. The lowest BCUT2D eigenvalue weighted by Crippen LogP contribution is -2.31. The van der Waals surface area contributed by atoms with Crippen LogP contribution in [-0.4, -0.2) is 66.5 Å². The summed E-state index contributed by atoms with van der Waals surface area (Å²) in [5.41, 5.74) is 2.18. The minimum absolute atomic E-state index is 0.172. The summed E-state index contributed by atoms with van der Waals surface area (Å²) >= 11 is 0. The Morgan fingerprint density at radius 3 is 2.46 bits per heavy atom. The second-order valence-corrected chi connectivity index (χ2v) is 10.4. The molecule has 6 rings (SSSR count). The monoisotopic (exact) mass is 580 g/mol. The molecule has 41 heavy (non-hydrogen) atoms. The molecule has 4 aromatic rings. The number of hydrogen-bond donors (Lipinski definition) is 4. The van der Waals surface area contributed by atoms with Crippen molar-refractivity contribution < 1.29 is 37.9 Å². The quantitative estimate of drug-likeness (QED) is 0.225. The Morgan fingerprint density at radius 1 is 0.976 bits per heavy atom. The number of fused-ring (bicyclic) bond motifs is 2. The molecule has 0 saturated carbocycles. The van der Waals surface area contributed by atoms with Gasteiger partial charge in [0.25, 0.3) is 0 Å². The molecule has 2 amide bonds. The largest absolute Gasteiger partial charge is 0.469 e. The highest BCUT2D eigenvalue weighted by Gasteiger charge is 2.53. The van der Waals surface area contributed by atoms with Crippen LogP contribution in [-0.2, 0) is 23.3 Å². The van der Waals surface area contributed by atoms with Gasteiger partial charge in [0.15, 0.2) is 29.5 Å². The molecule has 2 saturated heterocycles. The third kappa shape index (κ3) is 6.19. The first-order valence-corrected chi connectivity index (χ1v) is 14.1. The van der Waals surface area contributed by atoms with Gasteiger partial charge in [-0.05, 0) is 23.8 Å². The van der Waals surface area contributed by atoms with Crippen molar-refractivity contribution in [2.24, 2.45) is 0 Å². The van der Waals surface area contributed by atoms with E-state index in [1.54, 1.807) is 34.9 Å². The maximum atomic E-state index is 12.6. The van der Waals surface area contributed by atoms with Gasteiger partial charge in [-0.15, -0.1) is 0 Å². The Morgan fingerprint density at radius 2 is 1.71 bits per heavy atom. The number of carbonyl (C=O) groups is 1. The molecule has 2 unspecified atom stereocenters. The van der Waals surface area contributed by atoms with E-state index < -0.39 is 51.3 Å². The molecule has 2 aliphatic heterocycles. The van der Waals surface area contributed by atoms with E-state index in [9.17, 15) is 19.1 Å². The highest BCUT2D eigenvalue weighted by molar-refractivity contribution is 7.46. The number of carbonyl (C=O) groups excluding carboxylic acids is 1. The smallest absolute Gasteiger partial charge is 0.347 e. The van der Waals surface area contributed by atoms with Gasteiger partial charge in [-0.1, -0.05) is 54.6 Å². The molecule has 0 aliphatic carbocycles. The highest BCUT2D eigenvalue weighted by atomic mass is 31.2. The van der Waals surface area contributed by atoms with Gasteiger partial charge in [-0.25, -0.2) is 24.3 Å². The number of anilines is 2. The van der Waals surface area contributed by atoms with Crippen molar-refractivity contribution in [2.45, 2.75) is 30.8 Å². The van der Waals surface area contributed by atoms with Gasteiger partial charge < -0.3 is 29.3 Å². The van der Waals surface area contributed by atoms with E-state index in [1.165, 1.54) is 12.7 Å². The van der Waals surface area contributed by atoms with Gasteiger partial charge in [0, 0.05) is 5.69 Å². The van der Waals surface area contributed by atoms with Gasteiger partial charge in [0.05, 0.1) is 12.9 Å². The lowest BCUT2D eigenvalue weighted by atomic mass is 10.1. The normalized spacial score (nSPS) is 24.1. The van der Waals surface area contributed by atoms with Crippen LogP contribution in [0.2, 0.25) is 0 Å². The van der Waals surface area contributed by atoms with Crippen molar-refractivity contribution in [1.82, 2.24) is 19.5 Å². The molecule has 2 aliphatic rings. The molecular formula is C26H25N6O8P. The first-order valence-electron chi connectivity index (χ1n) is 12.5. The molecule has 0 spiro atoms. The van der Waals surface area contributed by atoms with Gasteiger partial charge in [-0.2, -0.15) is 0 Å². The van der Waals surface area contributed by atoms with Crippen LogP contribution < -0.4 is 10.6 Å². The number of para-hydroxylation sites is 1. The number of phosphoric acid groups is 1. The lowest BCUT2D eigenvalue weighted by molar-refractivity contribution is -0.132. The zero-order chi connectivity index (χ0) is 28.4. The van der Waals surface area contributed by atoms with E-state index in [-0.39, 0.29) is 5.82 Å². The number of hydrogen-bond acceptors (Lipinski definition) is 9. The van der Waals surface area contributed by atoms with Crippen LogP contribution in [0, 0.1) is 0 Å². The molecule has 0 radical (unpaired) electrons. The fourth-order valence-electron chi connectivity index (χ4n) is 4.65. The first-order chi connectivity index (χ1) is 19.8. The standard InChI is InChI=1S/C26H25N6O8P/c33-26(30-17-9-5-2-6-10-17)31-23-20-24(28-14-27-23)32(15-29-20)25-22-21(18(38-25)13-37-41(34,35)36)39-19(40-22)12-11-16-7-3-1-4-8-16/h1-12,14-15,18-19,21-22,25H,13H2,(H2,34,35,36)(H2,27,28,30,31,33)/b12-11+/t18-,19?,21?,22+,25-/m1/s1. The highest BCUT2D eigenvalue weighted by Crippen LogP contribution is 2.43. The van der Waals surface area contributed by atoms with Crippen molar-refractivity contribution in [3.63, 3.8) is 0 Å². The zero-order valence-corrected chi connectivity index (χ0v) is 22.2. The molecule has 14 nitrogen and oxygen atoms in total. The SMILES string of the molecule is O=C(Nc1ccccc1)Nc1ncnc2c1ncn2[C@@H]1O[C@H](COP(=O)(O)O)C2OC(/C=C/c3ccccc3)O[C@@H]21. The number of ether oxygens (including phenoxy) is 3. The molecule has 4 N–H and O–H groups in total. The van der Waals surface area contributed by atoms with Crippen molar-refractivity contribution in [2.75, 3.05) is 17.2 Å². The Bertz CT molecular complexity index is 1600. The van der Waals surface area contributed by atoms with Crippen LogP contribution in [0.3, 0.4) is 0 Å². The lowest BCUT2D eigenvalue weighted by Gasteiger charge is -2.20. The summed E-state index contributed by atoms with van der Waals surface area (Å²) < 4.78 is 36.0. The average Bonchev–Trinajstić information content (AvgIpc) is 3.66. The van der Waals surface area contributed by atoms with E-state index >= 15 is 0 Å². The number of urea groups is 1. The predicted octanol–water partition coefficient (Wildman–Crippen LogP) is 3.30. The molecule has 2 aromatic carbocycles. The third-order valence-electron chi connectivity index (χ3n) is 6.42. The molecule has 212 valence electrons. The topological polar surface area (TPSA) is 179 Å². The van der Waals surface area contributed by atoms with E-state index in [1.807, 2.05) is 42.5 Å². The molecule has 15 heteroatoms. The minimum atomic E-state index is -4.76. The van der Waals surface area contributed by atoms with Crippen molar-refractivity contribution in [3.05, 3.63) is 85.0 Å². The second-order valence-electron chi connectivity index (χ2n) is 9.18. The van der Waals surface area contributed by atoms with E-state index in [4.69, 9.17) is 18.7 Å². The van der Waals surface area contributed by atoms with Crippen LogP contribution in [0.1, 0.15) is 11.8 Å². The summed E-state index contributed by atoms with van der Waals surface area (Å²) in [6.07, 6.45) is 2.45. The van der Waals surface area contributed by atoms with Gasteiger partial charge in [0.2, 0.25) is 0 Å². The Labute approximate surface area is 233 Å². The molecule has 5 atom stereocenters. The summed E-state index contributed by atoms with van der Waals surface area (Å²) in [4.78, 5) is 43.9. The van der Waals surface area contributed by atoms with Crippen LogP contribution in [0.4, 0.5) is 16.3 Å². The van der Waals surface area contributed by atoms with Crippen LogP contribution in [0.25, 0.3) is 17.2 Å². The number of benzene rings is 2. The number of aromatic nitrogens is 4. The maximum Gasteiger partial charge on any atom is 0.469 e. The molecular weight excluding hydrogens is 555 g/mol. The van der Waals surface area contributed by atoms with E-state index in [2.05, 4.69) is 25.6 Å². The number of phosphoric ester groups is 1. The van der Waals surface area contributed by atoms with Crippen molar-refractivity contribution in [3.8, 4) is 0 Å². The number of nitrogens with zero attached hydrogens (tertiary/aromatic N) is 4. The van der Waals surface area contributed by atoms with Crippen LogP contribution in [0.5, 0.6) is 0 Å². The zero-order valence-electron chi connectivity index (χ0n) is 21.3. The first kappa shape index (κ1) is 27.2. The fraction of sp³-hybridized carbons (Fsp3) is 0.231. The van der Waals surface area contributed by atoms with E-state index in [0.717, 1.165) is 5.56 Å². The summed E-state index contributed by atoms with van der Waals surface area (Å²) in [6.45, 7) is -0.436. The summed E-state index contributed by atoms with van der Waals surface area (Å²) in [5, 5.41) is 5.40. The van der Waals surface area contributed by atoms with E-state index in [0.29, 0.717) is 16.9 Å². The van der Waals surface area contributed by atoms with Crippen molar-refractivity contribution >= 4 is 42.6 Å². The maximum absolute atomic E-state index is 12.6. The molecule has 0 bridgehead atoms. The van der Waals surface area contributed by atoms with Crippen molar-refractivity contribution in [1.29, 1.82) is 0 Å². The third-order valence-corrected chi connectivity index (χ3v) is 6.90. The summed E-state index contributed by atoms with van der Waals surface area (Å²) in [6, 6.07) is 18.0. The van der Waals surface area contributed by atoms with Crippen LogP contribution in [0.15, 0.2) is 79.4 Å². The molecule has 2 aromatic heterocycles. The van der Waals surface area contributed by atoms with Crippen LogP contribution >= 0.6 is 7.82 Å². The summed E-state index contributed by atoms with van der Waals surface area (Å²) in [5.74, 6) is 0.172. The second kappa shape index (κ2) is 11.5. The minimum Gasteiger partial charge on any atom is -0.347 e. The van der Waals surface area contributed by atoms with Gasteiger partial charge >= 0.3 is 13.9 Å². The fourth-order valence-corrected chi connectivity index (χ4v) is 4.99. The molecule has 4 heterocycles. The summed E-state index contributed by atoms with van der Waals surface area (Å²) in [7, 11) is -4.76. The number of rotatable bonds is 8.